The van der Waals surface area contributed by atoms with Crippen molar-refractivity contribution in [2.24, 2.45) is 11.8 Å². The summed E-state index contributed by atoms with van der Waals surface area (Å²) in [6.07, 6.45) is 0. The summed E-state index contributed by atoms with van der Waals surface area (Å²) in [5.41, 5.74) is 0.669. The van der Waals surface area contributed by atoms with Gasteiger partial charge in [0.25, 0.3) is 0 Å². The van der Waals surface area contributed by atoms with E-state index in [0.29, 0.717) is 5.56 Å². The van der Waals surface area contributed by atoms with Gasteiger partial charge in [0.2, 0.25) is 11.8 Å². The molecular weight excluding hydrogens is 228 g/mol. The highest BCUT2D eigenvalue weighted by molar-refractivity contribution is 6.05. The Morgan fingerprint density at radius 1 is 1.11 bits per heavy atom. The Hall–Kier alpha value is -2.15. The lowest BCUT2D eigenvalue weighted by Crippen LogP contribution is -2.34. The first-order valence-corrected chi connectivity index (χ1v) is 5.89. The molecule has 2 rings (SSSR count). The van der Waals surface area contributed by atoms with Gasteiger partial charge in [0, 0.05) is 11.8 Å². The van der Waals surface area contributed by atoms with Gasteiger partial charge in [-0.2, -0.15) is 5.26 Å². The summed E-state index contributed by atoms with van der Waals surface area (Å²) in [7, 11) is 0. The van der Waals surface area contributed by atoms with Crippen molar-refractivity contribution in [3.05, 3.63) is 35.9 Å². The maximum atomic E-state index is 12.1. The van der Waals surface area contributed by atoms with Crippen molar-refractivity contribution in [3.63, 3.8) is 0 Å². The van der Waals surface area contributed by atoms with E-state index in [2.05, 4.69) is 0 Å². The van der Waals surface area contributed by atoms with Crippen LogP contribution in [0.3, 0.4) is 0 Å². The Bertz CT molecular complexity index is 498. The average Bonchev–Trinajstić information content (AvgIpc) is 2.59. The van der Waals surface area contributed by atoms with Crippen LogP contribution >= 0.6 is 0 Å². The molecule has 0 N–H and O–H groups in total. The molecule has 18 heavy (non-hydrogen) atoms. The molecule has 0 saturated carbocycles. The van der Waals surface area contributed by atoms with Crippen LogP contribution in [0, 0.1) is 23.2 Å². The van der Waals surface area contributed by atoms with Crippen molar-refractivity contribution in [1.29, 1.82) is 5.26 Å². The fourth-order valence-electron chi connectivity index (χ4n) is 2.15. The lowest BCUT2D eigenvalue weighted by molar-refractivity contribution is -0.141. The lowest BCUT2D eigenvalue weighted by atomic mass is 10.00. The molecule has 2 amide bonds. The second kappa shape index (κ2) is 4.61. The summed E-state index contributed by atoms with van der Waals surface area (Å²) in [5, 5.41) is 9.25. The molecule has 4 nitrogen and oxygen atoms in total. The molecule has 0 aliphatic carbocycles. The SMILES string of the molecule is CC1C(=O)N(C(C#N)c2ccccc2)C(=O)C1C. The van der Waals surface area contributed by atoms with E-state index in [1.807, 2.05) is 12.1 Å². The standard InChI is InChI=1S/C14H14N2O2/c1-9-10(2)14(18)16(13(9)17)12(8-15)11-6-4-3-5-7-11/h3-7,9-10,12H,1-2H3. The number of nitriles is 1. The molecule has 1 aromatic carbocycles. The Labute approximate surface area is 106 Å². The molecule has 1 heterocycles. The van der Waals surface area contributed by atoms with Crippen LogP contribution in [0.1, 0.15) is 25.5 Å². The quantitative estimate of drug-likeness (QED) is 0.744. The third-order valence-corrected chi connectivity index (χ3v) is 3.50. The van der Waals surface area contributed by atoms with E-state index >= 15 is 0 Å². The van der Waals surface area contributed by atoms with Crippen molar-refractivity contribution in [2.45, 2.75) is 19.9 Å². The Kier molecular flexibility index (Phi) is 3.15. The highest BCUT2D eigenvalue weighted by Crippen LogP contribution is 2.32. The number of rotatable bonds is 2. The number of imide groups is 1. The van der Waals surface area contributed by atoms with Crippen LogP contribution in [0.4, 0.5) is 0 Å². The molecule has 3 unspecified atom stereocenters. The summed E-state index contributed by atoms with van der Waals surface area (Å²) >= 11 is 0. The monoisotopic (exact) mass is 242 g/mol. The zero-order valence-electron chi connectivity index (χ0n) is 10.3. The molecule has 0 bridgehead atoms. The minimum Gasteiger partial charge on any atom is -0.274 e. The molecular formula is C14H14N2O2. The van der Waals surface area contributed by atoms with Crippen LogP contribution in [0.15, 0.2) is 30.3 Å². The molecule has 1 saturated heterocycles. The molecule has 92 valence electrons. The maximum Gasteiger partial charge on any atom is 0.234 e. The summed E-state index contributed by atoms with van der Waals surface area (Å²) in [5.74, 6) is -1.22. The van der Waals surface area contributed by atoms with Gasteiger partial charge in [-0.05, 0) is 5.56 Å². The van der Waals surface area contributed by atoms with Gasteiger partial charge in [-0.3, -0.25) is 14.5 Å². The van der Waals surface area contributed by atoms with Crippen LogP contribution in [0.5, 0.6) is 0 Å². The highest BCUT2D eigenvalue weighted by atomic mass is 16.2. The second-order valence-electron chi connectivity index (χ2n) is 4.57. The van der Waals surface area contributed by atoms with E-state index in [1.165, 1.54) is 0 Å². The molecule has 0 radical (unpaired) electrons. The maximum absolute atomic E-state index is 12.1. The summed E-state index contributed by atoms with van der Waals surface area (Å²) in [6, 6.07) is 10.1. The van der Waals surface area contributed by atoms with Gasteiger partial charge < -0.3 is 0 Å². The van der Waals surface area contributed by atoms with Gasteiger partial charge in [0.05, 0.1) is 6.07 Å². The van der Waals surface area contributed by atoms with Gasteiger partial charge >= 0.3 is 0 Å². The molecule has 1 aliphatic heterocycles. The minimum atomic E-state index is -0.821. The Balaban J connectivity index is 2.39. The molecule has 3 atom stereocenters. The topological polar surface area (TPSA) is 61.2 Å². The lowest BCUT2D eigenvalue weighted by Gasteiger charge is -2.20. The smallest absolute Gasteiger partial charge is 0.234 e. The van der Waals surface area contributed by atoms with Crippen LogP contribution in [0.25, 0.3) is 0 Å². The van der Waals surface area contributed by atoms with Crippen LogP contribution in [-0.4, -0.2) is 16.7 Å². The first-order chi connectivity index (χ1) is 8.57. The normalized spacial score (nSPS) is 25.1. The van der Waals surface area contributed by atoms with E-state index in [9.17, 15) is 14.9 Å². The first kappa shape index (κ1) is 12.3. The molecule has 0 spiro atoms. The predicted octanol–water partition coefficient (Wildman–Crippen LogP) is 1.89. The number of amides is 2. The molecule has 1 fully saturated rings. The number of likely N-dealkylation sites (tertiary alicyclic amines) is 1. The van der Waals surface area contributed by atoms with E-state index in [0.717, 1.165) is 4.90 Å². The largest absolute Gasteiger partial charge is 0.274 e. The van der Waals surface area contributed by atoms with Gasteiger partial charge in [0.15, 0.2) is 6.04 Å². The van der Waals surface area contributed by atoms with Crippen molar-refractivity contribution in [1.82, 2.24) is 4.90 Å². The van der Waals surface area contributed by atoms with Crippen molar-refractivity contribution in [3.8, 4) is 6.07 Å². The van der Waals surface area contributed by atoms with E-state index in [1.54, 1.807) is 38.1 Å². The number of carbonyl (C=O) groups excluding carboxylic acids is 2. The third kappa shape index (κ3) is 1.78. The number of hydrogen-bond donors (Lipinski definition) is 0. The van der Waals surface area contributed by atoms with Crippen molar-refractivity contribution in [2.75, 3.05) is 0 Å². The predicted molar refractivity (Wildman–Crippen MR) is 65.0 cm³/mol. The zero-order chi connectivity index (χ0) is 13.3. The van der Waals surface area contributed by atoms with E-state index in [-0.39, 0.29) is 23.7 Å². The first-order valence-electron chi connectivity index (χ1n) is 5.89. The number of hydrogen-bond acceptors (Lipinski definition) is 3. The molecule has 1 aromatic rings. The fraction of sp³-hybridized carbons (Fsp3) is 0.357. The summed E-state index contributed by atoms with van der Waals surface area (Å²) in [6.45, 7) is 3.45. The van der Waals surface area contributed by atoms with Crippen LogP contribution in [0.2, 0.25) is 0 Å². The third-order valence-electron chi connectivity index (χ3n) is 3.50. The molecule has 1 aliphatic rings. The van der Waals surface area contributed by atoms with Crippen LogP contribution in [-0.2, 0) is 9.59 Å². The Morgan fingerprint density at radius 2 is 1.61 bits per heavy atom. The second-order valence-corrected chi connectivity index (χ2v) is 4.57. The average molecular weight is 242 g/mol. The van der Waals surface area contributed by atoms with Crippen LogP contribution < -0.4 is 0 Å². The minimum absolute atomic E-state index is 0.261. The number of nitrogens with zero attached hydrogens (tertiary/aromatic N) is 2. The van der Waals surface area contributed by atoms with E-state index in [4.69, 9.17) is 0 Å². The number of carbonyl (C=O) groups is 2. The zero-order valence-corrected chi connectivity index (χ0v) is 10.3. The summed E-state index contributed by atoms with van der Waals surface area (Å²) in [4.78, 5) is 25.2. The van der Waals surface area contributed by atoms with Gasteiger partial charge in [-0.15, -0.1) is 0 Å². The number of benzene rings is 1. The van der Waals surface area contributed by atoms with Gasteiger partial charge in [0.1, 0.15) is 0 Å². The van der Waals surface area contributed by atoms with Crippen molar-refractivity contribution < 1.29 is 9.59 Å². The molecule has 4 heteroatoms. The van der Waals surface area contributed by atoms with Crippen molar-refractivity contribution >= 4 is 11.8 Å². The summed E-state index contributed by atoms with van der Waals surface area (Å²) < 4.78 is 0. The van der Waals surface area contributed by atoms with Gasteiger partial charge in [-0.1, -0.05) is 44.2 Å². The fourth-order valence-corrected chi connectivity index (χ4v) is 2.15. The molecule has 0 aromatic heterocycles. The van der Waals surface area contributed by atoms with Gasteiger partial charge in [-0.25, -0.2) is 0 Å². The van der Waals surface area contributed by atoms with E-state index < -0.39 is 6.04 Å². The highest BCUT2D eigenvalue weighted by Gasteiger charge is 2.46. The Morgan fingerprint density at radius 3 is 2.06 bits per heavy atom.